The van der Waals surface area contributed by atoms with Crippen molar-refractivity contribution in [3.8, 4) is 10.6 Å². The van der Waals surface area contributed by atoms with Crippen molar-refractivity contribution < 1.29 is 4.79 Å². The molecule has 4 rings (SSSR count). The highest BCUT2D eigenvalue weighted by Gasteiger charge is 2.12. The molecule has 0 saturated heterocycles. The van der Waals surface area contributed by atoms with E-state index in [1.807, 2.05) is 24.3 Å². The number of carbonyl (C=O) groups excluding carboxylic acids is 1. The van der Waals surface area contributed by atoms with Crippen molar-refractivity contribution >= 4 is 44.9 Å². The van der Waals surface area contributed by atoms with E-state index in [0.717, 1.165) is 5.56 Å². The van der Waals surface area contributed by atoms with Crippen LogP contribution in [0.3, 0.4) is 0 Å². The summed E-state index contributed by atoms with van der Waals surface area (Å²) < 4.78 is 0. The Labute approximate surface area is 174 Å². The van der Waals surface area contributed by atoms with Gasteiger partial charge in [-0.25, -0.2) is 4.98 Å². The fourth-order valence-electron chi connectivity index (χ4n) is 2.87. The van der Waals surface area contributed by atoms with Gasteiger partial charge in [0.1, 0.15) is 5.82 Å². The second-order valence-corrected chi connectivity index (χ2v) is 7.71. The summed E-state index contributed by atoms with van der Waals surface area (Å²) >= 11 is 7.43. The summed E-state index contributed by atoms with van der Waals surface area (Å²) in [5.41, 5.74) is 1.26. The molecule has 29 heavy (non-hydrogen) atoms. The Bertz CT molecular complexity index is 1240. The first-order valence-corrected chi connectivity index (χ1v) is 10.2. The number of hydrogen-bond donors (Lipinski definition) is 2. The van der Waals surface area contributed by atoms with Crippen molar-refractivity contribution in [2.24, 2.45) is 0 Å². The van der Waals surface area contributed by atoms with Gasteiger partial charge in [0.25, 0.3) is 5.56 Å². The third-order valence-corrected chi connectivity index (χ3v) is 5.46. The van der Waals surface area contributed by atoms with Gasteiger partial charge >= 0.3 is 0 Å². The average Bonchev–Trinajstić information content (AvgIpc) is 3.16. The van der Waals surface area contributed by atoms with Crippen molar-refractivity contribution in [1.82, 2.24) is 20.2 Å². The van der Waals surface area contributed by atoms with Gasteiger partial charge in [0, 0.05) is 18.4 Å². The van der Waals surface area contributed by atoms with Crippen molar-refractivity contribution in [3.63, 3.8) is 0 Å². The zero-order valence-corrected chi connectivity index (χ0v) is 16.8. The molecule has 0 unspecified atom stereocenters. The highest BCUT2D eigenvalue weighted by molar-refractivity contribution is 7.18. The van der Waals surface area contributed by atoms with Crippen LogP contribution in [0.5, 0.6) is 0 Å². The number of halogens is 1. The van der Waals surface area contributed by atoms with Crippen LogP contribution in [0.1, 0.15) is 18.7 Å². The van der Waals surface area contributed by atoms with Crippen LogP contribution in [0, 0.1) is 0 Å². The van der Waals surface area contributed by atoms with Gasteiger partial charge in [-0.2, -0.15) is 0 Å². The minimum Gasteiger partial charge on any atom is -0.310 e. The van der Waals surface area contributed by atoms with E-state index in [-0.39, 0.29) is 17.9 Å². The van der Waals surface area contributed by atoms with Gasteiger partial charge in [0.15, 0.2) is 5.01 Å². The standard InChI is InChI=1S/C20H16ClN5O2S/c21-14-8-3-1-6-12(14)19-25-26-20(29-19)24-17(27)11-5-10-16-22-15-9-4-2-7-13(15)18(28)23-16/h1-4,6-9H,5,10-11H2,(H,22,23,28)(H,24,26,27). The number of benzene rings is 2. The first kappa shape index (κ1) is 19.2. The molecule has 2 aromatic heterocycles. The minimum atomic E-state index is -0.171. The lowest BCUT2D eigenvalue weighted by molar-refractivity contribution is -0.116. The minimum absolute atomic E-state index is 0.170. The maximum absolute atomic E-state index is 12.2. The second-order valence-electron chi connectivity index (χ2n) is 6.32. The van der Waals surface area contributed by atoms with Crippen LogP contribution in [0.2, 0.25) is 5.02 Å². The lowest BCUT2D eigenvalue weighted by Crippen LogP contribution is -2.14. The van der Waals surface area contributed by atoms with E-state index < -0.39 is 0 Å². The molecule has 1 amide bonds. The van der Waals surface area contributed by atoms with Crippen molar-refractivity contribution in [1.29, 1.82) is 0 Å². The predicted molar refractivity (Wildman–Crippen MR) is 114 cm³/mol. The van der Waals surface area contributed by atoms with Crippen LogP contribution in [0.25, 0.3) is 21.5 Å². The Morgan fingerprint density at radius 1 is 1.10 bits per heavy atom. The Balaban J connectivity index is 1.34. The van der Waals surface area contributed by atoms with Gasteiger partial charge in [-0.3, -0.25) is 9.59 Å². The average molecular weight is 426 g/mol. The molecular formula is C20H16ClN5O2S. The van der Waals surface area contributed by atoms with E-state index in [1.165, 1.54) is 11.3 Å². The molecule has 0 spiro atoms. The Hall–Kier alpha value is -3.10. The molecular weight excluding hydrogens is 410 g/mol. The van der Waals surface area contributed by atoms with E-state index in [9.17, 15) is 9.59 Å². The second kappa shape index (κ2) is 8.50. The molecule has 146 valence electrons. The number of anilines is 1. The molecule has 9 heteroatoms. The number of H-pyrrole nitrogens is 1. The molecule has 0 atom stereocenters. The molecule has 0 aliphatic heterocycles. The van der Waals surface area contributed by atoms with E-state index in [0.29, 0.717) is 44.7 Å². The third-order valence-electron chi connectivity index (χ3n) is 4.25. The zero-order chi connectivity index (χ0) is 20.2. The number of amides is 1. The van der Waals surface area contributed by atoms with Gasteiger partial charge in [0.2, 0.25) is 11.0 Å². The van der Waals surface area contributed by atoms with Crippen molar-refractivity contribution in [3.05, 3.63) is 69.7 Å². The third kappa shape index (κ3) is 4.49. The number of aromatic amines is 1. The molecule has 0 aliphatic carbocycles. The summed E-state index contributed by atoms with van der Waals surface area (Å²) in [7, 11) is 0. The van der Waals surface area contributed by atoms with Crippen LogP contribution in [-0.2, 0) is 11.2 Å². The van der Waals surface area contributed by atoms with Gasteiger partial charge in [0.05, 0.1) is 15.9 Å². The van der Waals surface area contributed by atoms with Gasteiger partial charge in [-0.05, 0) is 24.6 Å². The van der Waals surface area contributed by atoms with E-state index in [1.54, 1.807) is 24.3 Å². The maximum atomic E-state index is 12.2. The summed E-state index contributed by atoms with van der Waals surface area (Å²) in [5.74, 6) is 0.397. The SMILES string of the molecule is O=C(CCCc1nc2ccccc2c(=O)[nH]1)Nc1nnc(-c2ccccc2Cl)s1. The number of aromatic nitrogens is 4. The summed E-state index contributed by atoms with van der Waals surface area (Å²) in [6, 6.07) is 14.5. The first-order valence-electron chi connectivity index (χ1n) is 8.96. The molecule has 0 bridgehead atoms. The quantitative estimate of drug-likeness (QED) is 0.485. The monoisotopic (exact) mass is 425 g/mol. The number of carbonyl (C=O) groups is 1. The molecule has 7 nitrogen and oxygen atoms in total. The van der Waals surface area contributed by atoms with E-state index in [2.05, 4.69) is 25.5 Å². The number of nitrogens with zero attached hydrogens (tertiary/aromatic N) is 3. The number of para-hydroxylation sites is 1. The lowest BCUT2D eigenvalue weighted by Gasteiger charge is -2.03. The normalized spacial score (nSPS) is 10.9. The highest BCUT2D eigenvalue weighted by atomic mass is 35.5. The Morgan fingerprint density at radius 3 is 2.76 bits per heavy atom. The summed E-state index contributed by atoms with van der Waals surface area (Å²) in [6.07, 6.45) is 1.31. The van der Waals surface area contributed by atoms with Crippen LogP contribution < -0.4 is 10.9 Å². The fraction of sp³-hybridized carbons (Fsp3) is 0.150. The topological polar surface area (TPSA) is 101 Å². The van der Waals surface area contributed by atoms with Crippen LogP contribution >= 0.6 is 22.9 Å². The largest absolute Gasteiger partial charge is 0.310 e. The Kier molecular flexibility index (Phi) is 5.64. The van der Waals surface area contributed by atoms with E-state index in [4.69, 9.17) is 11.6 Å². The number of hydrogen-bond acceptors (Lipinski definition) is 6. The molecule has 0 saturated carbocycles. The summed E-state index contributed by atoms with van der Waals surface area (Å²) in [6.45, 7) is 0. The van der Waals surface area contributed by atoms with Crippen LogP contribution in [0.15, 0.2) is 53.3 Å². The van der Waals surface area contributed by atoms with Crippen molar-refractivity contribution in [2.75, 3.05) is 5.32 Å². The molecule has 4 aromatic rings. The molecule has 0 radical (unpaired) electrons. The Morgan fingerprint density at radius 2 is 1.90 bits per heavy atom. The predicted octanol–water partition coefficient (Wildman–Crippen LogP) is 4.06. The molecule has 2 N–H and O–H groups in total. The number of aryl methyl sites for hydroxylation is 1. The van der Waals surface area contributed by atoms with Gasteiger partial charge in [-0.15, -0.1) is 10.2 Å². The van der Waals surface area contributed by atoms with E-state index >= 15 is 0 Å². The highest BCUT2D eigenvalue weighted by Crippen LogP contribution is 2.31. The molecule has 2 heterocycles. The first-order chi connectivity index (χ1) is 14.1. The molecule has 2 aromatic carbocycles. The van der Waals surface area contributed by atoms with Crippen LogP contribution in [0.4, 0.5) is 5.13 Å². The maximum Gasteiger partial charge on any atom is 0.258 e. The summed E-state index contributed by atoms with van der Waals surface area (Å²) in [5, 5.41) is 13.0. The number of rotatable bonds is 6. The number of nitrogens with one attached hydrogen (secondary N) is 2. The van der Waals surface area contributed by atoms with Gasteiger partial charge < -0.3 is 10.3 Å². The summed E-state index contributed by atoms with van der Waals surface area (Å²) in [4.78, 5) is 31.5. The molecule has 0 aliphatic rings. The van der Waals surface area contributed by atoms with Crippen molar-refractivity contribution in [2.45, 2.75) is 19.3 Å². The van der Waals surface area contributed by atoms with Gasteiger partial charge in [-0.1, -0.05) is 53.3 Å². The van der Waals surface area contributed by atoms with Crippen LogP contribution in [-0.4, -0.2) is 26.1 Å². The number of fused-ring (bicyclic) bond motifs is 1. The molecule has 0 fully saturated rings. The fourth-order valence-corrected chi connectivity index (χ4v) is 3.95. The lowest BCUT2D eigenvalue weighted by atomic mass is 10.2. The smallest absolute Gasteiger partial charge is 0.258 e. The zero-order valence-electron chi connectivity index (χ0n) is 15.2.